The van der Waals surface area contributed by atoms with Crippen LogP contribution < -0.4 is 10.2 Å². The first-order valence-electron chi connectivity index (χ1n) is 6.91. The fourth-order valence-corrected chi connectivity index (χ4v) is 1.32. The predicted octanol–water partition coefficient (Wildman–Crippen LogP) is -11.7. The van der Waals surface area contributed by atoms with Gasteiger partial charge in [0.25, 0.3) is 0 Å². The van der Waals surface area contributed by atoms with Crippen molar-refractivity contribution in [3.8, 4) is 0 Å². The van der Waals surface area contributed by atoms with Crippen LogP contribution in [-0.2, 0) is 9.59 Å². The molecular formula is C12H26O16Sn. The average molecular weight is 545 g/mol. The van der Waals surface area contributed by atoms with E-state index in [4.69, 9.17) is 51.1 Å². The van der Waals surface area contributed by atoms with E-state index >= 15 is 0 Å². The quantitative estimate of drug-likeness (QED) is 0.114. The van der Waals surface area contributed by atoms with E-state index < -0.39 is 74.0 Å². The summed E-state index contributed by atoms with van der Waals surface area (Å²) in [5.74, 6) is -3.95. The average Bonchev–Trinajstić information content (AvgIpc) is 2.62. The Morgan fingerprint density at radius 1 is 0.586 bits per heavy atom. The van der Waals surface area contributed by atoms with Gasteiger partial charge in [-0.05, 0) is 0 Å². The van der Waals surface area contributed by atoms with Crippen molar-refractivity contribution in [3.63, 3.8) is 0 Å². The van der Waals surface area contributed by atoms with Gasteiger partial charge in [0, 0.05) is 0 Å². The number of carbonyl (C=O) groups is 2. The maximum atomic E-state index is 9.98. The number of aliphatic carboxylic acids is 2. The first-order chi connectivity index (χ1) is 11.8. The van der Waals surface area contributed by atoms with Gasteiger partial charge in [0.2, 0.25) is 0 Å². The van der Waals surface area contributed by atoms with E-state index in [0.29, 0.717) is 0 Å². The smallest absolute Gasteiger partial charge is 0.547 e. The van der Waals surface area contributed by atoms with Crippen LogP contribution in [0.2, 0.25) is 0 Å². The zero-order valence-electron chi connectivity index (χ0n) is 14.6. The summed E-state index contributed by atoms with van der Waals surface area (Å²) < 4.78 is 0. The number of carboxylic acid groups (broad SMARTS) is 2. The van der Waals surface area contributed by atoms with Gasteiger partial charge in [0.15, 0.2) is 0 Å². The third kappa shape index (κ3) is 14.0. The maximum absolute atomic E-state index is 9.98. The van der Waals surface area contributed by atoms with Crippen molar-refractivity contribution in [2.75, 3.05) is 13.2 Å². The van der Waals surface area contributed by atoms with Gasteiger partial charge in [-0.1, -0.05) is 0 Å². The molecule has 0 aromatic heterocycles. The Bertz CT molecular complexity index is 387. The number of hydrogen-bond donors (Lipinski definition) is 10. The van der Waals surface area contributed by atoms with Gasteiger partial charge < -0.3 is 81.8 Å². The molecule has 14 N–H and O–H groups in total. The second-order valence-electron chi connectivity index (χ2n) is 4.99. The Morgan fingerprint density at radius 3 is 0.931 bits per heavy atom. The summed E-state index contributed by atoms with van der Waals surface area (Å²) >= 11 is 0. The minimum absolute atomic E-state index is 0. The molecule has 0 aromatic rings. The molecule has 0 amide bonds. The van der Waals surface area contributed by atoms with Crippen molar-refractivity contribution in [2.24, 2.45) is 0 Å². The zero-order valence-corrected chi connectivity index (χ0v) is 17.5. The topological polar surface area (TPSA) is 346 Å². The van der Waals surface area contributed by atoms with E-state index in [1.54, 1.807) is 0 Å². The molecule has 16 nitrogen and oxygen atoms in total. The molecule has 0 saturated heterocycles. The number of rotatable bonds is 10. The van der Waals surface area contributed by atoms with E-state index in [9.17, 15) is 19.8 Å². The SMILES string of the molecule is O.O.O=C([O-])[C@H](O)[C@@H](O)[C@H](O)[C@H](O)CO.O=C([O-])[C@H](O)[C@@H](O)[C@H](O)[C@H](O)CO.[Sn+2]. The van der Waals surface area contributed by atoms with Crippen LogP contribution in [-0.4, -0.2) is 160 Å². The predicted molar refractivity (Wildman–Crippen MR) is 85.2 cm³/mol. The largest absolute Gasteiger partial charge is 2.00 e. The molecule has 0 aliphatic rings. The van der Waals surface area contributed by atoms with Crippen molar-refractivity contribution in [3.05, 3.63) is 0 Å². The molecule has 0 spiro atoms. The van der Waals surface area contributed by atoms with Crippen molar-refractivity contribution >= 4 is 35.8 Å². The van der Waals surface area contributed by atoms with E-state index in [-0.39, 0.29) is 34.9 Å². The fourth-order valence-electron chi connectivity index (χ4n) is 1.32. The standard InChI is InChI=1S/2C6H12O7.2H2O.Sn/c2*7-1-2(8)3(9)4(10)5(11)6(12)13;;;/h2*2-5,7-11H,1H2,(H,12,13);2*1H2;/q;;;;+2/p-2/t2*2-,3-,4+,5-;;;/m11.../s1. The Labute approximate surface area is 180 Å². The molecular weight excluding hydrogens is 519 g/mol. The van der Waals surface area contributed by atoms with Crippen molar-refractivity contribution in [2.45, 2.75) is 48.8 Å². The minimum Gasteiger partial charge on any atom is -0.547 e. The summed E-state index contributed by atoms with van der Waals surface area (Å²) in [6.07, 6.45) is -16.2. The monoisotopic (exact) mass is 546 g/mol. The van der Waals surface area contributed by atoms with Crippen LogP contribution in [0.3, 0.4) is 0 Å². The normalized spacial score (nSPS) is 18.3. The Morgan fingerprint density at radius 2 is 0.793 bits per heavy atom. The van der Waals surface area contributed by atoms with Crippen molar-refractivity contribution in [1.29, 1.82) is 0 Å². The summed E-state index contributed by atoms with van der Waals surface area (Å²) in [7, 11) is 0. The van der Waals surface area contributed by atoms with Crippen molar-refractivity contribution in [1.82, 2.24) is 0 Å². The van der Waals surface area contributed by atoms with E-state index in [1.807, 2.05) is 0 Å². The summed E-state index contributed by atoms with van der Waals surface area (Å²) in [4.78, 5) is 20.0. The maximum Gasteiger partial charge on any atom is 2.00 e. The molecule has 0 rings (SSSR count). The second-order valence-corrected chi connectivity index (χ2v) is 4.99. The Hall–Kier alpha value is -0.741. The van der Waals surface area contributed by atoms with Gasteiger partial charge >= 0.3 is 23.9 Å². The van der Waals surface area contributed by atoms with Gasteiger partial charge in [-0.15, -0.1) is 0 Å². The number of hydrogen-bond acceptors (Lipinski definition) is 14. The molecule has 0 aliphatic carbocycles. The second kappa shape index (κ2) is 19.2. The summed E-state index contributed by atoms with van der Waals surface area (Å²) in [5, 5.41) is 107. The van der Waals surface area contributed by atoms with Crippen LogP contribution in [0.15, 0.2) is 0 Å². The molecule has 0 fully saturated rings. The van der Waals surface area contributed by atoms with Crippen LogP contribution in [0.5, 0.6) is 0 Å². The van der Waals surface area contributed by atoms with Gasteiger partial charge in [-0.3, -0.25) is 0 Å². The minimum atomic E-state index is -2.31. The molecule has 2 radical (unpaired) electrons. The Kier molecular flexibility index (Phi) is 25.7. The molecule has 0 bridgehead atoms. The van der Waals surface area contributed by atoms with Gasteiger partial charge in [0.1, 0.15) is 48.8 Å². The van der Waals surface area contributed by atoms with Crippen LogP contribution in [0, 0.1) is 0 Å². The first kappa shape index (κ1) is 38.8. The molecule has 0 unspecified atom stereocenters. The zero-order chi connectivity index (χ0) is 21.2. The third-order valence-electron chi connectivity index (χ3n) is 2.99. The molecule has 8 atom stereocenters. The van der Waals surface area contributed by atoms with Gasteiger partial charge in [0.05, 0.1) is 25.2 Å². The number of aliphatic hydroxyl groups excluding tert-OH is 10. The molecule has 174 valence electrons. The molecule has 0 aliphatic heterocycles. The number of carboxylic acids is 2. The summed E-state index contributed by atoms with van der Waals surface area (Å²) in [6, 6.07) is 0. The molecule has 0 saturated carbocycles. The van der Waals surface area contributed by atoms with E-state index in [1.165, 1.54) is 0 Å². The van der Waals surface area contributed by atoms with Crippen LogP contribution in [0.1, 0.15) is 0 Å². The summed E-state index contributed by atoms with van der Waals surface area (Å²) in [6.45, 7) is -1.73. The molecule has 0 aromatic carbocycles. The van der Waals surface area contributed by atoms with Gasteiger partial charge in [-0.2, -0.15) is 0 Å². The Balaban J connectivity index is -0.000000120. The number of aliphatic hydroxyl groups is 10. The van der Waals surface area contributed by atoms with Crippen LogP contribution in [0.25, 0.3) is 0 Å². The van der Waals surface area contributed by atoms with Crippen LogP contribution >= 0.6 is 0 Å². The first-order valence-corrected chi connectivity index (χ1v) is 6.91. The van der Waals surface area contributed by atoms with Crippen molar-refractivity contribution < 1.29 is 81.8 Å². The molecule has 0 heterocycles. The molecule has 29 heavy (non-hydrogen) atoms. The third-order valence-corrected chi connectivity index (χ3v) is 2.99. The molecule has 17 heteroatoms. The van der Waals surface area contributed by atoms with E-state index in [0.717, 1.165) is 0 Å². The van der Waals surface area contributed by atoms with E-state index in [2.05, 4.69) is 0 Å². The number of carbonyl (C=O) groups excluding carboxylic acids is 2. The van der Waals surface area contributed by atoms with Gasteiger partial charge in [-0.25, -0.2) is 0 Å². The fraction of sp³-hybridized carbons (Fsp3) is 0.833. The van der Waals surface area contributed by atoms with Crippen LogP contribution in [0.4, 0.5) is 0 Å². The summed E-state index contributed by atoms with van der Waals surface area (Å²) in [5.41, 5.74) is 0.